The van der Waals surface area contributed by atoms with Crippen LogP contribution in [0, 0.1) is 11.7 Å². The molecule has 19 heavy (non-hydrogen) atoms. The minimum absolute atomic E-state index is 0.0377. The Morgan fingerprint density at radius 1 is 1.58 bits per heavy atom. The lowest BCUT2D eigenvalue weighted by Gasteiger charge is -2.08. The summed E-state index contributed by atoms with van der Waals surface area (Å²) in [5, 5.41) is 8.01. The van der Waals surface area contributed by atoms with Crippen molar-refractivity contribution in [3.63, 3.8) is 0 Å². The summed E-state index contributed by atoms with van der Waals surface area (Å²) in [6.07, 6.45) is 1.87. The number of aromatic nitrogens is 1. The average molecular weight is 290 g/mol. The van der Waals surface area contributed by atoms with Gasteiger partial charge in [-0.1, -0.05) is 6.92 Å². The number of nitrogens with one attached hydrogen (secondary N) is 1. The Morgan fingerprint density at radius 2 is 2.26 bits per heavy atom. The molecule has 0 radical (unpaired) electrons. The zero-order valence-electron chi connectivity index (χ0n) is 10.3. The molecule has 1 aromatic heterocycles. The fourth-order valence-corrected chi connectivity index (χ4v) is 2.45. The number of nitrogens with zero attached hydrogens (tertiary/aromatic N) is 1. The third kappa shape index (κ3) is 4.56. The van der Waals surface area contributed by atoms with Gasteiger partial charge >= 0.3 is 5.97 Å². The van der Waals surface area contributed by atoms with Crippen molar-refractivity contribution in [3.05, 3.63) is 24.1 Å². The van der Waals surface area contributed by atoms with E-state index in [4.69, 9.17) is 5.11 Å². The lowest BCUT2D eigenvalue weighted by Crippen LogP contribution is -2.27. The number of sulfonamides is 1. The second-order valence-corrected chi connectivity index (χ2v) is 5.75. The van der Waals surface area contributed by atoms with Gasteiger partial charge in [0.15, 0.2) is 5.82 Å². The van der Waals surface area contributed by atoms with Crippen molar-refractivity contribution < 1.29 is 22.7 Å². The minimum Gasteiger partial charge on any atom is -0.481 e. The lowest BCUT2D eigenvalue weighted by atomic mass is 10.1. The van der Waals surface area contributed by atoms with E-state index in [2.05, 4.69) is 9.71 Å². The van der Waals surface area contributed by atoms with Gasteiger partial charge in [-0.3, -0.25) is 4.79 Å². The van der Waals surface area contributed by atoms with Crippen LogP contribution in [0.5, 0.6) is 0 Å². The first-order chi connectivity index (χ1) is 8.84. The second kappa shape index (κ2) is 6.58. The number of hydrogen-bond donors (Lipinski definition) is 2. The van der Waals surface area contributed by atoms with Gasteiger partial charge in [0.25, 0.3) is 10.0 Å². The maximum Gasteiger partial charge on any atom is 0.306 e. The molecule has 0 aliphatic carbocycles. The Kier molecular flexibility index (Phi) is 5.37. The first-order valence-corrected chi connectivity index (χ1v) is 7.16. The number of carbonyl (C=O) groups is 1. The molecule has 0 aromatic carbocycles. The highest BCUT2D eigenvalue weighted by atomic mass is 32.2. The Bertz CT molecular complexity index is 547. The van der Waals surface area contributed by atoms with E-state index >= 15 is 0 Å². The van der Waals surface area contributed by atoms with E-state index < -0.39 is 32.8 Å². The molecule has 2 N–H and O–H groups in total. The van der Waals surface area contributed by atoms with E-state index in [1.54, 1.807) is 0 Å². The number of halogens is 1. The van der Waals surface area contributed by atoms with Crippen LogP contribution in [-0.2, 0) is 14.8 Å². The van der Waals surface area contributed by atoms with Gasteiger partial charge in [-0.15, -0.1) is 0 Å². The van der Waals surface area contributed by atoms with Crippen LogP contribution < -0.4 is 4.72 Å². The molecule has 0 fully saturated rings. The molecule has 1 aromatic rings. The number of carboxylic acids is 1. The van der Waals surface area contributed by atoms with E-state index in [-0.39, 0.29) is 6.54 Å². The van der Waals surface area contributed by atoms with E-state index in [0.29, 0.717) is 12.8 Å². The van der Waals surface area contributed by atoms with Crippen LogP contribution in [0.1, 0.15) is 19.8 Å². The van der Waals surface area contributed by atoms with Crippen LogP contribution in [0.25, 0.3) is 0 Å². The summed E-state index contributed by atoms with van der Waals surface area (Å²) in [5.74, 6) is -2.40. The summed E-state index contributed by atoms with van der Waals surface area (Å²) < 4.78 is 38.9. The van der Waals surface area contributed by atoms with Crippen LogP contribution in [0.3, 0.4) is 0 Å². The van der Waals surface area contributed by atoms with Gasteiger partial charge in [0.05, 0.1) is 5.92 Å². The molecule has 0 saturated carbocycles. The topological polar surface area (TPSA) is 96.4 Å². The molecule has 0 amide bonds. The molecule has 1 unspecified atom stereocenters. The maximum atomic E-state index is 13.3. The van der Waals surface area contributed by atoms with Crippen molar-refractivity contribution in [2.24, 2.45) is 5.92 Å². The fraction of sp³-hybridized carbons (Fsp3) is 0.455. The van der Waals surface area contributed by atoms with Gasteiger partial charge in [-0.2, -0.15) is 0 Å². The van der Waals surface area contributed by atoms with Gasteiger partial charge in [0, 0.05) is 12.7 Å². The van der Waals surface area contributed by atoms with Crippen LogP contribution in [0.4, 0.5) is 4.39 Å². The number of pyridine rings is 1. The summed E-state index contributed by atoms with van der Waals surface area (Å²) in [7, 11) is -3.99. The standard InChI is InChI=1S/C11H15FN2O4S/c1-8(11(15)16)4-2-7-14-19(17,18)10-9(12)5-3-6-13-10/h3,5-6,8,14H,2,4,7H2,1H3,(H,15,16). The van der Waals surface area contributed by atoms with E-state index in [9.17, 15) is 17.6 Å². The molecule has 0 bridgehead atoms. The largest absolute Gasteiger partial charge is 0.481 e. The van der Waals surface area contributed by atoms with Crippen molar-refractivity contribution >= 4 is 16.0 Å². The van der Waals surface area contributed by atoms with E-state index in [0.717, 1.165) is 6.07 Å². The van der Waals surface area contributed by atoms with Crippen molar-refractivity contribution in [3.8, 4) is 0 Å². The minimum atomic E-state index is -3.99. The van der Waals surface area contributed by atoms with E-state index in [1.165, 1.54) is 19.2 Å². The summed E-state index contributed by atoms with van der Waals surface area (Å²) in [6.45, 7) is 1.57. The molecule has 1 heterocycles. The summed E-state index contributed by atoms with van der Waals surface area (Å²) >= 11 is 0. The number of rotatable bonds is 7. The molecule has 0 spiro atoms. The second-order valence-electron chi connectivity index (χ2n) is 4.07. The Morgan fingerprint density at radius 3 is 2.84 bits per heavy atom. The number of carboxylic acid groups (broad SMARTS) is 1. The third-order valence-corrected chi connectivity index (χ3v) is 3.90. The highest BCUT2D eigenvalue weighted by molar-refractivity contribution is 7.89. The smallest absolute Gasteiger partial charge is 0.306 e. The average Bonchev–Trinajstić information content (AvgIpc) is 2.34. The fourth-order valence-electron chi connectivity index (χ4n) is 1.38. The zero-order chi connectivity index (χ0) is 14.5. The predicted molar refractivity (Wildman–Crippen MR) is 65.4 cm³/mol. The van der Waals surface area contributed by atoms with Gasteiger partial charge in [0.2, 0.25) is 5.03 Å². The first-order valence-electron chi connectivity index (χ1n) is 5.67. The SMILES string of the molecule is CC(CCCNS(=O)(=O)c1ncccc1F)C(=O)O. The molecule has 0 aliphatic heterocycles. The Labute approximate surface area is 110 Å². The zero-order valence-corrected chi connectivity index (χ0v) is 11.2. The van der Waals surface area contributed by atoms with Crippen molar-refractivity contribution in [1.29, 1.82) is 0 Å². The summed E-state index contributed by atoms with van der Waals surface area (Å²) in [6, 6.07) is 2.30. The van der Waals surface area contributed by atoms with Crippen molar-refractivity contribution in [1.82, 2.24) is 9.71 Å². The van der Waals surface area contributed by atoms with Gasteiger partial charge in [-0.25, -0.2) is 22.5 Å². The third-order valence-electron chi connectivity index (χ3n) is 2.51. The summed E-state index contributed by atoms with van der Waals surface area (Å²) in [5.41, 5.74) is 0. The molecule has 0 aliphatic rings. The predicted octanol–water partition coefficient (Wildman–Crippen LogP) is 1.000. The molecule has 1 rings (SSSR count). The van der Waals surface area contributed by atoms with Crippen LogP contribution >= 0.6 is 0 Å². The molecule has 8 heteroatoms. The molecule has 106 valence electrons. The quantitative estimate of drug-likeness (QED) is 0.730. The normalized spacial score (nSPS) is 13.2. The molecule has 6 nitrogen and oxygen atoms in total. The molecular weight excluding hydrogens is 275 g/mol. The lowest BCUT2D eigenvalue weighted by molar-refractivity contribution is -0.141. The Balaban J connectivity index is 2.53. The Hall–Kier alpha value is -1.54. The molecule has 0 saturated heterocycles. The van der Waals surface area contributed by atoms with Gasteiger partial charge in [0.1, 0.15) is 0 Å². The number of hydrogen-bond acceptors (Lipinski definition) is 4. The van der Waals surface area contributed by atoms with Gasteiger partial charge < -0.3 is 5.11 Å². The highest BCUT2D eigenvalue weighted by Crippen LogP contribution is 2.10. The highest BCUT2D eigenvalue weighted by Gasteiger charge is 2.20. The van der Waals surface area contributed by atoms with Crippen molar-refractivity contribution in [2.75, 3.05) is 6.54 Å². The molecule has 1 atom stereocenters. The molecular formula is C11H15FN2O4S. The van der Waals surface area contributed by atoms with Crippen molar-refractivity contribution in [2.45, 2.75) is 24.8 Å². The van der Waals surface area contributed by atoms with Crippen LogP contribution in [-0.4, -0.2) is 31.0 Å². The van der Waals surface area contributed by atoms with Crippen LogP contribution in [0.15, 0.2) is 23.4 Å². The number of aliphatic carboxylic acids is 1. The van der Waals surface area contributed by atoms with Gasteiger partial charge in [-0.05, 0) is 25.0 Å². The summed E-state index contributed by atoms with van der Waals surface area (Å²) in [4.78, 5) is 14.0. The van der Waals surface area contributed by atoms with Crippen LogP contribution in [0.2, 0.25) is 0 Å². The first kappa shape index (κ1) is 15.5. The van der Waals surface area contributed by atoms with E-state index in [1.807, 2.05) is 0 Å². The monoisotopic (exact) mass is 290 g/mol. The maximum absolute atomic E-state index is 13.3.